The largest absolute Gasteiger partial charge is 0.387 e. The second-order valence-corrected chi connectivity index (χ2v) is 5.12. The number of amides is 1. The molecule has 0 fully saturated rings. The predicted molar refractivity (Wildman–Crippen MR) is 84.8 cm³/mol. The molecule has 1 aromatic rings. The monoisotopic (exact) mass is 304 g/mol. The molecule has 6 nitrogen and oxygen atoms in total. The molecule has 1 unspecified atom stereocenters. The van der Waals surface area contributed by atoms with Crippen molar-refractivity contribution in [1.82, 2.24) is 0 Å². The van der Waals surface area contributed by atoms with Gasteiger partial charge in [0, 0.05) is 24.0 Å². The fourth-order valence-electron chi connectivity index (χ4n) is 2.11. The highest BCUT2D eigenvalue weighted by molar-refractivity contribution is 5.90. The Morgan fingerprint density at radius 2 is 2.05 bits per heavy atom. The zero-order chi connectivity index (χ0) is 15.9. The van der Waals surface area contributed by atoms with Crippen LogP contribution >= 0.6 is 0 Å². The van der Waals surface area contributed by atoms with Crippen LogP contribution in [0.4, 0.5) is 11.4 Å². The van der Waals surface area contributed by atoms with Crippen molar-refractivity contribution >= 4 is 17.3 Å². The molecule has 0 radical (unpaired) electrons. The van der Waals surface area contributed by atoms with Crippen LogP contribution in [0.2, 0.25) is 0 Å². The van der Waals surface area contributed by atoms with Gasteiger partial charge in [-0.2, -0.15) is 0 Å². The molecule has 0 spiro atoms. The van der Waals surface area contributed by atoms with E-state index in [1.54, 1.807) is 35.4 Å². The molecule has 22 heavy (non-hydrogen) atoms. The van der Waals surface area contributed by atoms with Gasteiger partial charge in [-0.25, -0.2) is 0 Å². The number of benzene rings is 1. The summed E-state index contributed by atoms with van der Waals surface area (Å²) < 4.78 is 0. The highest BCUT2D eigenvalue weighted by Crippen LogP contribution is 2.22. The second kappa shape index (κ2) is 7.74. The van der Waals surface area contributed by atoms with Gasteiger partial charge in [-0.1, -0.05) is 6.08 Å². The first-order chi connectivity index (χ1) is 10.6. The van der Waals surface area contributed by atoms with Crippen molar-refractivity contribution in [3.63, 3.8) is 0 Å². The highest BCUT2D eigenvalue weighted by Gasteiger charge is 2.13. The Labute approximate surface area is 129 Å². The first-order valence-corrected chi connectivity index (χ1v) is 7.29. The van der Waals surface area contributed by atoms with Gasteiger partial charge in [-0.3, -0.25) is 4.79 Å². The van der Waals surface area contributed by atoms with Crippen LogP contribution in [0.1, 0.15) is 12.8 Å². The van der Waals surface area contributed by atoms with Gasteiger partial charge in [0.1, 0.15) is 18.9 Å². The number of hydrogen-bond donors (Lipinski definition) is 4. The first-order valence-electron chi connectivity index (χ1n) is 7.29. The number of hydrogen-bond acceptors (Lipinski definition) is 4. The number of aliphatic hydroxyl groups excluding tert-OH is 2. The van der Waals surface area contributed by atoms with Gasteiger partial charge in [0.25, 0.3) is 0 Å². The van der Waals surface area contributed by atoms with Crippen molar-refractivity contribution in [1.29, 1.82) is 0 Å². The zero-order valence-electron chi connectivity index (χ0n) is 12.4. The molecule has 6 N–H and O–H groups in total. The lowest BCUT2D eigenvalue weighted by Gasteiger charge is -2.26. The number of nitrogens with zero attached hydrogens (tertiary/aromatic N) is 1. The van der Waals surface area contributed by atoms with Crippen LogP contribution in [0.5, 0.6) is 0 Å². The summed E-state index contributed by atoms with van der Waals surface area (Å²) >= 11 is 0. The molecule has 0 aliphatic carbocycles. The van der Waals surface area contributed by atoms with Gasteiger partial charge in [0.05, 0.1) is 0 Å². The summed E-state index contributed by atoms with van der Waals surface area (Å²) in [4.78, 5) is 13.5. The summed E-state index contributed by atoms with van der Waals surface area (Å²) in [5.41, 5.74) is 5.11. The number of allylic oxidation sites excluding steroid dienone is 2. The summed E-state index contributed by atoms with van der Waals surface area (Å²) in [6.07, 6.45) is 6.55. The normalized spacial score (nSPS) is 18.3. The third kappa shape index (κ3) is 4.42. The minimum absolute atomic E-state index is 0.138. The second-order valence-electron chi connectivity index (χ2n) is 5.12. The van der Waals surface area contributed by atoms with Crippen molar-refractivity contribution in [2.24, 2.45) is 0 Å². The lowest BCUT2D eigenvalue weighted by molar-refractivity contribution is -0.383. The summed E-state index contributed by atoms with van der Waals surface area (Å²) in [6, 6.07) is 7.22. The van der Waals surface area contributed by atoms with Crippen molar-refractivity contribution in [3.05, 3.63) is 48.7 Å². The van der Waals surface area contributed by atoms with Crippen molar-refractivity contribution < 1.29 is 20.7 Å². The van der Waals surface area contributed by atoms with Crippen molar-refractivity contribution in [2.75, 3.05) is 16.8 Å². The van der Waals surface area contributed by atoms with Gasteiger partial charge in [0.2, 0.25) is 5.91 Å². The Bertz CT molecular complexity index is 554. The minimum atomic E-state index is -0.686. The average molecular weight is 304 g/mol. The highest BCUT2D eigenvalue weighted by atomic mass is 16.3. The maximum absolute atomic E-state index is 11.8. The third-order valence-electron chi connectivity index (χ3n) is 3.41. The molecule has 1 aromatic carbocycles. The maximum atomic E-state index is 11.8. The van der Waals surface area contributed by atoms with E-state index in [1.165, 1.54) is 0 Å². The van der Waals surface area contributed by atoms with Crippen LogP contribution in [0.25, 0.3) is 0 Å². The lowest BCUT2D eigenvalue weighted by Crippen LogP contribution is -2.55. The number of rotatable bonds is 6. The van der Waals surface area contributed by atoms with E-state index in [0.29, 0.717) is 18.7 Å². The van der Waals surface area contributed by atoms with Crippen LogP contribution in [-0.2, 0) is 4.79 Å². The number of aliphatic hydroxyl groups is 2. The van der Waals surface area contributed by atoms with E-state index in [1.807, 2.05) is 18.2 Å². The number of carbonyl (C=O) groups excluding carboxylic acids is 1. The van der Waals surface area contributed by atoms with Gasteiger partial charge in [0.15, 0.2) is 0 Å². The SMILES string of the molecule is [NH3+]C[C@H](O)CCC(=O)Nc1ccc(N2C=CC=CC2O)cc1. The van der Waals surface area contributed by atoms with Crippen molar-refractivity contribution in [3.8, 4) is 0 Å². The Kier molecular flexibility index (Phi) is 5.71. The molecule has 118 valence electrons. The minimum Gasteiger partial charge on any atom is -0.387 e. The van der Waals surface area contributed by atoms with E-state index in [4.69, 9.17) is 0 Å². The van der Waals surface area contributed by atoms with E-state index < -0.39 is 12.3 Å². The van der Waals surface area contributed by atoms with Crippen LogP contribution in [0, 0.1) is 0 Å². The predicted octanol–water partition coefficient (Wildman–Crippen LogP) is 0.216. The topological polar surface area (TPSA) is 100 Å². The van der Waals surface area contributed by atoms with E-state index in [9.17, 15) is 15.0 Å². The molecule has 0 saturated heterocycles. The number of nitrogens with one attached hydrogen (secondary N) is 1. The van der Waals surface area contributed by atoms with Gasteiger partial charge < -0.3 is 26.2 Å². The molecular formula is C16H22N3O3+. The van der Waals surface area contributed by atoms with Crippen LogP contribution in [0.15, 0.2) is 48.7 Å². The molecule has 1 aliphatic rings. The quantitative estimate of drug-likeness (QED) is 0.604. The van der Waals surface area contributed by atoms with Crippen LogP contribution in [-0.4, -0.2) is 35.0 Å². The molecule has 0 bridgehead atoms. The Hall–Kier alpha value is -2.15. The molecule has 1 aliphatic heterocycles. The summed E-state index contributed by atoms with van der Waals surface area (Å²) in [5, 5.41) is 22.0. The van der Waals surface area contributed by atoms with E-state index in [0.717, 1.165) is 5.69 Å². The molecule has 2 rings (SSSR count). The zero-order valence-corrected chi connectivity index (χ0v) is 12.4. The smallest absolute Gasteiger partial charge is 0.224 e. The number of carbonyl (C=O) groups is 1. The van der Waals surface area contributed by atoms with Crippen LogP contribution < -0.4 is 16.0 Å². The fraction of sp³-hybridized carbons (Fsp3) is 0.312. The Balaban J connectivity index is 1.90. The third-order valence-corrected chi connectivity index (χ3v) is 3.41. The van der Waals surface area contributed by atoms with E-state index >= 15 is 0 Å². The maximum Gasteiger partial charge on any atom is 0.224 e. The van der Waals surface area contributed by atoms with E-state index in [-0.39, 0.29) is 12.3 Å². The van der Waals surface area contributed by atoms with Gasteiger partial charge >= 0.3 is 0 Å². The van der Waals surface area contributed by atoms with Gasteiger partial charge in [-0.05, 0) is 42.8 Å². The van der Waals surface area contributed by atoms with Crippen LogP contribution in [0.3, 0.4) is 0 Å². The standard InChI is InChI=1S/C16H21N3O3/c17-11-14(20)8-9-15(21)18-12-4-6-13(7-5-12)19-10-2-1-3-16(19)22/h1-7,10,14,16,20,22H,8-9,11,17H2,(H,18,21)/p+1/t14-,16?/m1/s1. The molecule has 0 aromatic heterocycles. The Morgan fingerprint density at radius 3 is 2.68 bits per heavy atom. The average Bonchev–Trinajstić information content (AvgIpc) is 2.54. The fourth-order valence-corrected chi connectivity index (χ4v) is 2.11. The van der Waals surface area contributed by atoms with E-state index in [2.05, 4.69) is 11.1 Å². The molecule has 1 amide bonds. The molecule has 2 atom stereocenters. The Morgan fingerprint density at radius 1 is 1.32 bits per heavy atom. The molecule has 6 heteroatoms. The summed E-state index contributed by atoms with van der Waals surface area (Å²) in [6.45, 7) is 0.405. The summed E-state index contributed by atoms with van der Waals surface area (Å²) in [7, 11) is 0. The van der Waals surface area contributed by atoms with Crippen molar-refractivity contribution in [2.45, 2.75) is 25.2 Å². The summed E-state index contributed by atoms with van der Waals surface area (Å²) in [5.74, 6) is -0.138. The molecular weight excluding hydrogens is 282 g/mol. The molecule has 1 heterocycles. The number of quaternary nitrogens is 1. The first kappa shape index (κ1) is 16.2. The lowest BCUT2D eigenvalue weighted by atomic mass is 10.2. The molecule has 0 saturated carbocycles. The number of anilines is 2. The van der Waals surface area contributed by atoms with Gasteiger partial charge in [-0.15, -0.1) is 0 Å².